The van der Waals surface area contributed by atoms with Gasteiger partial charge in [-0.2, -0.15) is 8.42 Å². The predicted molar refractivity (Wildman–Crippen MR) is 183 cm³/mol. The van der Waals surface area contributed by atoms with E-state index >= 15 is 0 Å². The number of cyclic esters (lactones) is 1. The number of H-pyrrole nitrogens is 1. The number of Topliss-reactive ketones (excluding diaryl/α,β-unsaturated/α-hetero) is 1. The molecule has 0 spiro atoms. The van der Waals surface area contributed by atoms with Crippen molar-refractivity contribution in [1.82, 2.24) is 9.97 Å². The monoisotopic (exact) mass is 649 g/mol. The molecule has 1 fully saturated rings. The summed E-state index contributed by atoms with van der Waals surface area (Å²) >= 11 is 0. The molecule has 1 saturated heterocycles. The summed E-state index contributed by atoms with van der Waals surface area (Å²) in [5, 5.41) is -0.160. The Balaban J connectivity index is 1.24. The highest BCUT2D eigenvalue weighted by molar-refractivity contribution is 7.92. The van der Waals surface area contributed by atoms with Crippen molar-refractivity contribution in [3.05, 3.63) is 126 Å². The van der Waals surface area contributed by atoms with Crippen LogP contribution in [0.2, 0.25) is 0 Å². The number of sulfonamides is 1. The third kappa shape index (κ3) is 6.86. The van der Waals surface area contributed by atoms with Crippen LogP contribution in [0, 0.1) is 5.92 Å². The lowest BCUT2D eigenvalue weighted by molar-refractivity contribution is -0.180. The minimum atomic E-state index is -4.02. The third-order valence-electron chi connectivity index (χ3n) is 9.32. The lowest BCUT2D eigenvalue weighted by Gasteiger charge is -2.41. The molecule has 0 bridgehead atoms. The summed E-state index contributed by atoms with van der Waals surface area (Å²) in [5.74, 6) is -2.10. The zero-order valence-corrected chi connectivity index (χ0v) is 27.5. The van der Waals surface area contributed by atoms with Crippen molar-refractivity contribution in [3.8, 4) is 0 Å². The number of anilines is 1. The molecule has 1 N–H and O–H groups in total. The van der Waals surface area contributed by atoms with Crippen molar-refractivity contribution in [2.45, 2.75) is 62.1 Å². The molecule has 6 rings (SSSR count). The molecule has 4 aromatic carbocycles. The predicted octanol–water partition coefficient (Wildman–Crippen LogP) is 7.02. The van der Waals surface area contributed by atoms with E-state index in [2.05, 4.69) is 9.97 Å². The number of fused-ring (bicyclic) bond motifs is 1. The summed E-state index contributed by atoms with van der Waals surface area (Å²) in [6, 6.07) is 34.2. The summed E-state index contributed by atoms with van der Waals surface area (Å²) in [4.78, 5) is 35.1. The maximum Gasteiger partial charge on any atom is 0.317 e. The number of carbonyl (C=O) groups excluding carboxylic acids is 2. The maximum atomic E-state index is 14.0. The number of para-hydroxylation sites is 2. The first-order chi connectivity index (χ1) is 22.7. The van der Waals surface area contributed by atoms with Crippen molar-refractivity contribution in [3.63, 3.8) is 0 Å². The minimum absolute atomic E-state index is 0.136. The lowest BCUT2D eigenvalue weighted by Crippen LogP contribution is -2.49. The summed E-state index contributed by atoms with van der Waals surface area (Å²) in [6.45, 7) is 1.93. The number of ether oxygens (including phenoxy) is 1. The molecular formula is C38H39N3O5S. The quantitative estimate of drug-likeness (QED) is 0.115. The molecule has 8 nitrogen and oxygen atoms in total. The molecule has 0 amide bonds. The Morgan fingerprint density at radius 3 is 2.09 bits per heavy atom. The average molecular weight is 650 g/mol. The summed E-state index contributed by atoms with van der Waals surface area (Å²) in [6.07, 6.45) is 3.10. The smallest absolute Gasteiger partial charge is 0.317 e. The van der Waals surface area contributed by atoms with Crippen LogP contribution in [-0.2, 0) is 37.2 Å². The van der Waals surface area contributed by atoms with Crippen molar-refractivity contribution in [2.75, 3.05) is 11.4 Å². The van der Waals surface area contributed by atoms with E-state index in [-0.39, 0.29) is 17.4 Å². The minimum Gasteiger partial charge on any atom is -0.458 e. The third-order valence-corrected chi connectivity index (χ3v) is 10.9. The van der Waals surface area contributed by atoms with Gasteiger partial charge in [0.2, 0.25) is 5.16 Å². The van der Waals surface area contributed by atoms with Crippen LogP contribution in [0.25, 0.3) is 11.0 Å². The fourth-order valence-electron chi connectivity index (χ4n) is 6.63. The number of esters is 1. The van der Waals surface area contributed by atoms with Gasteiger partial charge in [0.05, 0.1) is 16.7 Å². The Hall–Kier alpha value is -4.76. The molecule has 1 aromatic heterocycles. The Morgan fingerprint density at radius 1 is 0.872 bits per heavy atom. The molecule has 5 aromatic rings. The normalized spacial score (nSPS) is 16.9. The Bertz CT molecular complexity index is 1880. The fraction of sp³-hybridized carbons (Fsp3) is 0.289. The van der Waals surface area contributed by atoms with Gasteiger partial charge >= 0.3 is 5.97 Å². The van der Waals surface area contributed by atoms with Crippen molar-refractivity contribution < 1.29 is 22.7 Å². The number of imidazole rings is 1. The average Bonchev–Trinajstić information content (AvgIpc) is 3.54. The van der Waals surface area contributed by atoms with Gasteiger partial charge < -0.3 is 9.72 Å². The summed E-state index contributed by atoms with van der Waals surface area (Å²) in [5.41, 5.74) is 3.63. The van der Waals surface area contributed by atoms with Crippen molar-refractivity contribution >= 4 is 38.5 Å². The maximum absolute atomic E-state index is 14.0. The Morgan fingerprint density at radius 2 is 1.49 bits per heavy atom. The Labute approximate surface area is 275 Å². The summed E-state index contributed by atoms with van der Waals surface area (Å²) in [7, 11) is -2.55. The van der Waals surface area contributed by atoms with Gasteiger partial charge in [-0.3, -0.25) is 13.9 Å². The molecule has 0 aliphatic carbocycles. The van der Waals surface area contributed by atoms with Gasteiger partial charge in [0.1, 0.15) is 11.5 Å². The lowest BCUT2D eigenvalue weighted by atomic mass is 9.73. The van der Waals surface area contributed by atoms with Gasteiger partial charge in [0.15, 0.2) is 5.78 Å². The first-order valence-electron chi connectivity index (χ1n) is 16.1. The molecule has 0 saturated carbocycles. The molecule has 2 unspecified atom stereocenters. The van der Waals surface area contributed by atoms with E-state index in [1.165, 1.54) is 11.4 Å². The van der Waals surface area contributed by atoms with E-state index in [0.29, 0.717) is 54.4 Å². The number of carbonyl (C=O) groups is 2. The molecule has 242 valence electrons. The van der Waals surface area contributed by atoms with Gasteiger partial charge in [-0.05, 0) is 73.1 Å². The van der Waals surface area contributed by atoms with Gasteiger partial charge in [0.25, 0.3) is 10.0 Å². The number of nitrogens with zero attached hydrogens (tertiary/aromatic N) is 2. The highest BCUT2D eigenvalue weighted by Crippen LogP contribution is 2.41. The SMILES string of the molecule is CCC(c1cccc(N(C)S(=O)(=O)c2nc3ccccc3[nH]2)c1)C1C(=O)CC(CCc2ccccc2)(CCc2ccccc2)OC1=O. The number of hydrogen-bond acceptors (Lipinski definition) is 6. The number of ketones is 1. The zero-order valence-electron chi connectivity index (χ0n) is 26.6. The second-order valence-corrected chi connectivity index (χ2v) is 14.2. The van der Waals surface area contributed by atoms with Gasteiger partial charge in [0, 0.05) is 19.4 Å². The van der Waals surface area contributed by atoms with Crippen LogP contribution in [0.1, 0.15) is 55.2 Å². The van der Waals surface area contributed by atoms with E-state index in [0.717, 1.165) is 11.1 Å². The number of hydrogen-bond donors (Lipinski definition) is 1. The number of nitrogens with one attached hydrogen (secondary N) is 1. The van der Waals surface area contributed by atoms with E-state index < -0.39 is 33.4 Å². The first kappa shape index (κ1) is 32.2. The number of aryl methyl sites for hydroxylation is 2. The van der Waals surface area contributed by atoms with Crippen LogP contribution < -0.4 is 4.31 Å². The highest BCUT2D eigenvalue weighted by atomic mass is 32.2. The topological polar surface area (TPSA) is 109 Å². The van der Waals surface area contributed by atoms with Gasteiger partial charge in [-0.25, -0.2) is 4.98 Å². The first-order valence-corrected chi connectivity index (χ1v) is 17.5. The second kappa shape index (κ2) is 13.5. The van der Waals surface area contributed by atoms with E-state index in [9.17, 15) is 18.0 Å². The molecular weight excluding hydrogens is 611 g/mol. The molecule has 47 heavy (non-hydrogen) atoms. The fourth-order valence-corrected chi connectivity index (χ4v) is 7.74. The molecule has 9 heteroatoms. The zero-order chi connectivity index (χ0) is 33.0. The number of aromatic amines is 1. The molecule has 1 aliphatic rings. The second-order valence-electron chi connectivity index (χ2n) is 12.3. The van der Waals surface area contributed by atoms with Gasteiger partial charge in [-0.15, -0.1) is 0 Å². The number of rotatable bonds is 12. The Kier molecular flexibility index (Phi) is 9.27. The molecule has 2 heterocycles. The molecule has 0 radical (unpaired) electrons. The van der Waals surface area contributed by atoms with Crippen LogP contribution in [-0.4, -0.2) is 42.8 Å². The van der Waals surface area contributed by atoms with Crippen LogP contribution in [0.3, 0.4) is 0 Å². The van der Waals surface area contributed by atoms with Gasteiger partial charge in [-0.1, -0.05) is 91.9 Å². The van der Waals surface area contributed by atoms with Crippen LogP contribution in [0.5, 0.6) is 0 Å². The van der Waals surface area contributed by atoms with Crippen molar-refractivity contribution in [1.29, 1.82) is 0 Å². The number of aromatic nitrogens is 2. The molecule has 2 atom stereocenters. The van der Waals surface area contributed by atoms with Crippen LogP contribution in [0.4, 0.5) is 5.69 Å². The van der Waals surface area contributed by atoms with E-state index in [1.54, 1.807) is 36.4 Å². The summed E-state index contributed by atoms with van der Waals surface area (Å²) < 4.78 is 34.6. The number of benzene rings is 4. The van der Waals surface area contributed by atoms with Crippen LogP contribution >= 0.6 is 0 Å². The standard InChI is InChI=1S/C38H39N3O5S/c1-3-31(29-17-12-18-30(25-29)41(2)47(44,45)37-39-32-19-10-11-20-33(32)40-37)35-34(42)26-38(46-36(35)43,23-21-27-13-6-4-7-14-27)24-22-28-15-8-5-9-16-28/h4-20,25,31,35H,3,21-24,26H2,1-2H3,(H,39,40). The van der Waals surface area contributed by atoms with E-state index in [4.69, 9.17) is 4.74 Å². The van der Waals surface area contributed by atoms with Crippen LogP contribution in [0.15, 0.2) is 114 Å². The largest absolute Gasteiger partial charge is 0.458 e. The molecule has 1 aliphatic heterocycles. The van der Waals surface area contributed by atoms with E-state index in [1.807, 2.05) is 79.7 Å². The van der Waals surface area contributed by atoms with Crippen molar-refractivity contribution in [2.24, 2.45) is 5.92 Å². The highest BCUT2D eigenvalue weighted by Gasteiger charge is 2.49.